The summed E-state index contributed by atoms with van der Waals surface area (Å²) >= 11 is 0. The Morgan fingerprint density at radius 1 is 1.29 bits per heavy atom. The van der Waals surface area contributed by atoms with Gasteiger partial charge < -0.3 is 20.7 Å². The lowest BCUT2D eigenvalue weighted by atomic mass is 10.00. The molecule has 1 aliphatic heterocycles. The summed E-state index contributed by atoms with van der Waals surface area (Å²) in [6.45, 7) is 8.58. The van der Waals surface area contributed by atoms with Crippen molar-refractivity contribution in [3.63, 3.8) is 0 Å². The van der Waals surface area contributed by atoms with Crippen LogP contribution in [0.15, 0.2) is 36.5 Å². The molecule has 34 heavy (non-hydrogen) atoms. The van der Waals surface area contributed by atoms with Gasteiger partial charge in [-0.3, -0.25) is 4.79 Å². The lowest BCUT2D eigenvalue weighted by molar-refractivity contribution is 0.0643. The molecule has 1 amide bonds. The number of nitrogens with zero attached hydrogens (tertiary/aromatic N) is 4. The first-order valence-corrected chi connectivity index (χ1v) is 12.2. The van der Waals surface area contributed by atoms with Crippen molar-refractivity contribution in [2.45, 2.75) is 39.3 Å². The van der Waals surface area contributed by atoms with E-state index in [0.717, 1.165) is 61.4 Å². The second-order valence-corrected chi connectivity index (χ2v) is 9.47. The summed E-state index contributed by atoms with van der Waals surface area (Å²) in [5.74, 6) is 0.373. The summed E-state index contributed by atoms with van der Waals surface area (Å²) in [4.78, 5) is 20.5. The Hall–Kier alpha value is -2.81. The maximum absolute atomic E-state index is 13.3. The summed E-state index contributed by atoms with van der Waals surface area (Å²) < 4.78 is 7.33. The molecule has 8 nitrogen and oxygen atoms in total. The van der Waals surface area contributed by atoms with Crippen molar-refractivity contribution in [3.05, 3.63) is 47.7 Å². The number of pyridine rings is 1. The minimum absolute atomic E-state index is 0.0812. The third-order valence-electron chi connectivity index (χ3n) is 6.38. The van der Waals surface area contributed by atoms with Crippen molar-refractivity contribution in [2.75, 3.05) is 39.9 Å². The number of likely N-dealkylation sites (N-methyl/N-ethyl adjacent to an activating group) is 1. The minimum atomic E-state index is -0.0812. The number of nitrogens with two attached hydrogens (primary N) is 1. The average molecular weight is 465 g/mol. The molecule has 0 bridgehead atoms. The maximum atomic E-state index is 13.3. The first-order valence-electron chi connectivity index (χ1n) is 12.2. The molecule has 4 rings (SSSR count). The highest BCUT2D eigenvalue weighted by molar-refractivity contribution is 6.06. The van der Waals surface area contributed by atoms with Crippen molar-refractivity contribution >= 4 is 16.9 Å². The molecule has 1 aliphatic rings. The average Bonchev–Trinajstić information content (AvgIpc) is 3.27. The lowest BCUT2D eigenvalue weighted by Gasteiger charge is -2.22. The summed E-state index contributed by atoms with van der Waals surface area (Å²) in [6.07, 6.45) is 3.72. The normalized spacial score (nSPS) is 14.9. The fraction of sp³-hybridized carbons (Fsp3) is 0.500. The fourth-order valence-corrected chi connectivity index (χ4v) is 4.45. The molecule has 0 spiro atoms. The van der Waals surface area contributed by atoms with E-state index in [1.807, 2.05) is 22.9 Å². The fourth-order valence-electron chi connectivity index (χ4n) is 4.45. The van der Waals surface area contributed by atoms with Gasteiger partial charge in [-0.1, -0.05) is 18.2 Å². The highest BCUT2D eigenvalue weighted by atomic mass is 16.5. The maximum Gasteiger partial charge on any atom is 0.252 e. The Labute approximate surface area is 201 Å². The Bertz CT molecular complexity index is 1120. The number of carbonyl (C=O) groups is 1. The van der Waals surface area contributed by atoms with E-state index in [4.69, 9.17) is 15.5 Å². The molecule has 3 aromatic rings. The molecule has 0 unspecified atom stereocenters. The number of hydrogen-bond acceptors (Lipinski definition) is 6. The van der Waals surface area contributed by atoms with Crippen molar-refractivity contribution in [1.29, 1.82) is 0 Å². The molecular formula is C26H36N6O2. The van der Waals surface area contributed by atoms with Crippen LogP contribution in [0.1, 0.15) is 48.7 Å². The molecule has 0 atom stereocenters. The summed E-state index contributed by atoms with van der Waals surface area (Å²) in [5, 5.41) is 8.47. The highest BCUT2D eigenvalue weighted by Gasteiger charge is 2.20. The molecule has 182 valence electrons. The molecule has 3 heterocycles. The standard InChI is InChI=1S/C26H36N6O2/c1-18(2)32-25-23(16-29-32)22(26(33)28-15-19-7-11-34-12-8-19)14-24(30-25)21-6-4-5-20(13-21)17-31(3)10-9-27/h4-6,13-14,16,18-19H,7-12,15,17,27H2,1-3H3,(H,28,33). The van der Waals surface area contributed by atoms with E-state index in [0.29, 0.717) is 24.6 Å². The molecule has 8 heteroatoms. The van der Waals surface area contributed by atoms with Crippen LogP contribution in [0.3, 0.4) is 0 Å². The molecule has 0 aliphatic carbocycles. The molecule has 2 aromatic heterocycles. The van der Waals surface area contributed by atoms with Crippen LogP contribution in [0.5, 0.6) is 0 Å². The van der Waals surface area contributed by atoms with Gasteiger partial charge in [0.15, 0.2) is 5.65 Å². The van der Waals surface area contributed by atoms with Crippen LogP contribution in [0.4, 0.5) is 0 Å². The second kappa shape index (κ2) is 11.1. The van der Waals surface area contributed by atoms with E-state index in [-0.39, 0.29) is 11.9 Å². The molecule has 0 saturated carbocycles. The van der Waals surface area contributed by atoms with E-state index in [1.54, 1.807) is 6.20 Å². The van der Waals surface area contributed by atoms with Gasteiger partial charge in [0, 0.05) is 51.0 Å². The molecule has 0 radical (unpaired) electrons. The summed E-state index contributed by atoms with van der Waals surface area (Å²) in [6, 6.07) is 10.4. The Kier molecular flexibility index (Phi) is 7.92. The van der Waals surface area contributed by atoms with Crippen LogP contribution in [-0.4, -0.2) is 65.5 Å². The smallest absolute Gasteiger partial charge is 0.252 e. The molecule has 1 fully saturated rings. The Balaban J connectivity index is 1.67. The van der Waals surface area contributed by atoms with Gasteiger partial charge in [0.25, 0.3) is 5.91 Å². The molecule has 1 aromatic carbocycles. The van der Waals surface area contributed by atoms with Crippen molar-refractivity contribution < 1.29 is 9.53 Å². The Morgan fingerprint density at radius 2 is 2.09 bits per heavy atom. The Morgan fingerprint density at radius 3 is 2.82 bits per heavy atom. The third kappa shape index (κ3) is 5.63. The van der Waals surface area contributed by atoms with E-state index in [9.17, 15) is 4.79 Å². The van der Waals surface area contributed by atoms with E-state index >= 15 is 0 Å². The second-order valence-electron chi connectivity index (χ2n) is 9.47. The van der Waals surface area contributed by atoms with Crippen LogP contribution < -0.4 is 11.1 Å². The largest absolute Gasteiger partial charge is 0.381 e. The predicted molar refractivity (Wildman–Crippen MR) is 135 cm³/mol. The van der Waals surface area contributed by atoms with Gasteiger partial charge in [-0.2, -0.15) is 5.10 Å². The quantitative estimate of drug-likeness (QED) is 0.505. The van der Waals surface area contributed by atoms with Gasteiger partial charge in [-0.05, 0) is 57.4 Å². The van der Waals surface area contributed by atoms with Crippen LogP contribution in [0.2, 0.25) is 0 Å². The first-order chi connectivity index (χ1) is 16.5. The molecule has 3 N–H and O–H groups in total. The van der Waals surface area contributed by atoms with Crippen molar-refractivity contribution in [2.24, 2.45) is 11.7 Å². The number of benzene rings is 1. The number of fused-ring (bicyclic) bond motifs is 1. The summed E-state index contributed by atoms with van der Waals surface area (Å²) in [5.41, 5.74) is 9.98. The SMILES string of the molecule is CC(C)n1ncc2c(C(=O)NCC3CCOCC3)cc(-c3cccc(CN(C)CCN)c3)nc21. The van der Waals surface area contributed by atoms with Gasteiger partial charge in [-0.25, -0.2) is 9.67 Å². The van der Waals surface area contributed by atoms with Crippen LogP contribution in [-0.2, 0) is 11.3 Å². The number of ether oxygens (including phenoxy) is 1. The minimum Gasteiger partial charge on any atom is -0.381 e. The van der Waals surface area contributed by atoms with Gasteiger partial charge in [0.1, 0.15) is 0 Å². The highest BCUT2D eigenvalue weighted by Crippen LogP contribution is 2.27. The van der Waals surface area contributed by atoms with Gasteiger partial charge in [0.05, 0.1) is 22.8 Å². The molecular weight excluding hydrogens is 428 g/mol. The van der Waals surface area contributed by atoms with Gasteiger partial charge >= 0.3 is 0 Å². The number of rotatable bonds is 9. The number of aromatic nitrogens is 3. The van der Waals surface area contributed by atoms with Gasteiger partial charge in [-0.15, -0.1) is 0 Å². The number of nitrogens with one attached hydrogen (secondary N) is 1. The van der Waals surface area contributed by atoms with E-state index in [2.05, 4.69) is 48.3 Å². The zero-order valence-electron chi connectivity index (χ0n) is 20.5. The third-order valence-corrected chi connectivity index (χ3v) is 6.38. The number of hydrogen-bond donors (Lipinski definition) is 2. The van der Waals surface area contributed by atoms with E-state index in [1.165, 1.54) is 5.56 Å². The van der Waals surface area contributed by atoms with Gasteiger partial charge in [0.2, 0.25) is 0 Å². The van der Waals surface area contributed by atoms with Crippen LogP contribution >= 0.6 is 0 Å². The predicted octanol–water partition coefficient (Wildman–Crippen LogP) is 3.23. The van der Waals surface area contributed by atoms with Crippen LogP contribution in [0.25, 0.3) is 22.3 Å². The number of amides is 1. The topological polar surface area (TPSA) is 98.3 Å². The zero-order valence-corrected chi connectivity index (χ0v) is 20.5. The van der Waals surface area contributed by atoms with E-state index < -0.39 is 0 Å². The molecule has 1 saturated heterocycles. The van der Waals surface area contributed by atoms with Crippen LogP contribution in [0, 0.1) is 5.92 Å². The van der Waals surface area contributed by atoms with Crippen molar-refractivity contribution in [3.8, 4) is 11.3 Å². The summed E-state index contributed by atoms with van der Waals surface area (Å²) in [7, 11) is 2.06. The number of carbonyl (C=O) groups excluding carboxylic acids is 1. The van der Waals surface area contributed by atoms with Crippen molar-refractivity contribution in [1.82, 2.24) is 25.0 Å². The lowest BCUT2D eigenvalue weighted by Crippen LogP contribution is -2.32. The monoisotopic (exact) mass is 464 g/mol. The zero-order chi connectivity index (χ0) is 24.1. The first kappa shape index (κ1) is 24.3.